The van der Waals surface area contributed by atoms with Gasteiger partial charge in [0.25, 0.3) is 0 Å². The quantitative estimate of drug-likeness (QED) is 0.815. The van der Waals surface area contributed by atoms with Crippen molar-refractivity contribution in [3.8, 4) is 0 Å². The van der Waals surface area contributed by atoms with Crippen LogP contribution in [0.15, 0.2) is 4.42 Å². The van der Waals surface area contributed by atoms with E-state index in [0.29, 0.717) is 12.6 Å². The standard InChI is InChI=1S/C12H21N3O/c1-9-12(10-5-2-3-8-14-10)15-11(16-9)6-4-7-13/h10,14H,2-8,13H2,1H3. The van der Waals surface area contributed by atoms with E-state index >= 15 is 0 Å². The van der Waals surface area contributed by atoms with E-state index < -0.39 is 0 Å². The first-order valence-electron chi connectivity index (χ1n) is 6.21. The summed E-state index contributed by atoms with van der Waals surface area (Å²) in [6.45, 7) is 3.79. The van der Waals surface area contributed by atoms with E-state index in [2.05, 4.69) is 10.3 Å². The molecule has 90 valence electrons. The molecule has 0 amide bonds. The lowest BCUT2D eigenvalue weighted by Crippen LogP contribution is -2.27. The maximum absolute atomic E-state index is 5.66. The van der Waals surface area contributed by atoms with Gasteiger partial charge in [0.05, 0.1) is 11.7 Å². The highest BCUT2D eigenvalue weighted by molar-refractivity contribution is 5.14. The highest BCUT2D eigenvalue weighted by atomic mass is 16.4. The van der Waals surface area contributed by atoms with Crippen LogP contribution in [0.2, 0.25) is 0 Å². The monoisotopic (exact) mass is 223 g/mol. The van der Waals surface area contributed by atoms with Gasteiger partial charge < -0.3 is 15.5 Å². The molecule has 1 fully saturated rings. The summed E-state index contributed by atoms with van der Waals surface area (Å²) < 4.78 is 5.66. The van der Waals surface area contributed by atoms with Crippen molar-refractivity contribution >= 4 is 0 Å². The van der Waals surface area contributed by atoms with Gasteiger partial charge in [-0.2, -0.15) is 0 Å². The van der Waals surface area contributed by atoms with Gasteiger partial charge in [-0.1, -0.05) is 6.42 Å². The van der Waals surface area contributed by atoms with Gasteiger partial charge in [0.15, 0.2) is 5.89 Å². The third-order valence-electron chi connectivity index (χ3n) is 3.11. The molecule has 2 rings (SSSR count). The van der Waals surface area contributed by atoms with Crippen LogP contribution in [-0.4, -0.2) is 18.1 Å². The van der Waals surface area contributed by atoms with Gasteiger partial charge in [-0.3, -0.25) is 0 Å². The number of aryl methyl sites for hydroxylation is 2. The Morgan fingerprint density at radius 1 is 1.50 bits per heavy atom. The second-order valence-corrected chi connectivity index (χ2v) is 4.44. The van der Waals surface area contributed by atoms with Crippen LogP contribution in [0.25, 0.3) is 0 Å². The Bertz CT molecular complexity index is 329. The summed E-state index contributed by atoms with van der Waals surface area (Å²) in [6.07, 6.45) is 5.51. The number of nitrogens with two attached hydrogens (primary N) is 1. The van der Waals surface area contributed by atoms with Crippen LogP contribution in [-0.2, 0) is 6.42 Å². The highest BCUT2D eigenvalue weighted by Gasteiger charge is 2.21. The Morgan fingerprint density at radius 3 is 3.06 bits per heavy atom. The third-order valence-corrected chi connectivity index (χ3v) is 3.11. The van der Waals surface area contributed by atoms with Crippen molar-refractivity contribution in [2.24, 2.45) is 5.73 Å². The lowest BCUT2D eigenvalue weighted by Gasteiger charge is -2.21. The largest absolute Gasteiger partial charge is 0.446 e. The molecule has 1 aromatic heterocycles. The van der Waals surface area contributed by atoms with E-state index in [4.69, 9.17) is 10.2 Å². The smallest absolute Gasteiger partial charge is 0.194 e. The number of piperidine rings is 1. The van der Waals surface area contributed by atoms with Crippen molar-refractivity contribution in [3.63, 3.8) is 0 Å². The number of hydrogen-bond donors (Lipinski definition) is 2. The summed E-state index contributed by atoms with van der Waals surface area (Å²) in [7, 11) is 0. The average molecular weight is 223 g/mol. The molecule has 1 saturated heterocycles. The summed E-state index contributed by atoms with van der Waals surface area (Å²) in [5, 5.41) is 3.50. The first-order valence-corrected chi connectivity index (χ1v) is 6.21. The minimum absolute atomic E-state index is 0.393. The molecule has 0 saturated carbocycles. The maximum atomic E-state index is 5.66. The minimum atomic E-state index is 0.393. The molecule has 3 N–H and O–H groups in total. The van der Waals surface area contributed by atoms with E-state index in [-0.39, 0.29) is 0 Å². The van der Waals surface area contributed by atoms with E-state index in [1.807, 2.05) is 6.92 Å². The van der Waals surface area contributed by atoms with Crippen LogP contribution < -0.4 is 11.1 Å². The molecule has 0 aromatic carbocycles. The van der Waals surface area contributed by atoms with Crippen LogP contribution in [0.3, 0.4) is 0 Å². The number of oxazole rings is 1. The fraction of sp³-hybridized carbons (Fsp3) is 0.750. The van der Waals surface area contributed by atoms with Crippen LogP contribution in [0.1, 0.15) is 49.1 Å². The first kappa shape index (κ1) is 11.6. The van der Waals surface area contributed by atoms with Crippen molar-refractivity contribution in [1.29, 1.82) is 0 Å². The summed E-state index contributed by atoms with van der Waals surface area (Å²) in [6, 6.07) is 0.393. The van der Waals surface area contributed by atoms with Crippen molar-refractivity contribution in [1.82, 2.24) is 10.3 Å². The second-order valence-electron chi connectivity index (χ2n) is 4.44. The minimum Gasteiger partial charge on any atom is -0.446 e. The zero-order chi connectivity index (χ0) is 11.4. The lowest BCUT2D eigenvalue weighted by molar-refractivity contribution is 0.400. The molecule has 1 unspecified atom stereocenters. The molecule has 4 heteroatoms. The first-order chi connectivity index (χ1) is 7.81. The number of aromatic nitrogens is 1. The summed E-state index contributed by atoms with van der Waals surface area (Å²) in [5.74, 6) is 1.80. The van der Waals surface area contributed by atoms with Gasteiger partial charge in [-0.05, 0) is 39.3 Å². The van der Waals surface area contributed by atoms with Crippen LogP contribution >= 0.6 is 0 Å². The molecule has 1 aliphatic rings. The van der Waals surface area contributed by atoms with E-state index in [1.165, 1.54) is 19.3 Å². The molecule has 1 aliphatic heterocycles. The molecule has 16 heavy (non-hydrogen) atoms. The van der Waals surface area contributed by atoms with E-state index in [1.54, 1.807) is 0 Å². The molecule has 0 spiro atoms. The van der Waals surface area contributed by atoms with Crippen LogP contribution in [0.4, 0.5) is 0 Å². The number of nitrogens with zero attached hydrogens (tertiary/aromatic N) is 1. The van der Waals surface area contributed by atoms with Crippen molar-refractivity contribution in [2.45, 2.75) is 45.1 Å². The van der Waals surface area contributed by atoms with Crippen molar-refractivity contribution in [3.05, 3.63) is 17.3 Å². The molecular formula is C12H21N3O. The Labute approximate surface area is 96.6 Å². The van der Waals surface area contributed by atoms with Gasteiger partial charge in [0.1, 0.15) is 5.76 Å². The molecule has 0 bridgehead atoms. The predicted octanol–water partition coefficient (Wildman–Crippen LogP) is 1.69. The molecular weight excluding hydrogens is 202 g/mol. The summed E-state index contributed by atoms with van der Waals surface area (Å²) >= 11 is 0. The molecule has 0 aliphatic carbocycles. The van der Waals surface area contributed by atoms with E-state index in [0.717, 1.165) is 36.7 Å². The van der Waals surface area contributed by atoms with E-state index in [9.17, 15) is 0 Å². The fourth-order valence-corrected chi connectivity index (χ4v) is 2.23. The lowest BCUT2D eigenvalue weighted by atomic mass is 10.0. The average Bonchev–Trinajstić information content (AvgIpc) is 2.69. The second kappa shape index (κ2) is 5.46. The number of hydrogen-bond acceptors (Lipinski definition) is 4. The topological polar surface area (TPSA) is 64.1 Å². The molecule has 0 radical (unpaired) electrons. The molecule has 1 aromatic rings. The SMILES string of the molecule is Cc1oc(CCCN)nc1C1CCCCN1. The Kier molecular flexibility index (Phi) is 3.96. The Hall–Kier alpha value is -0.870. The predicted molar refractivity (Wildman–Crippen MR) is 63.2 cm³/mol. The van der Waals surface area contributed by atoms with Crippen molar-refractivity contribution in [2.75, 3.05) is 13.1 Å². The molecule has 2 heterocycles. The van der Waals surface area contributed by atoms with Crippen molar-refractivity contribution < 1.29 is 4.42 Å². The number of nitrogens with one attached hydrogen (secondary N) is 1. The van der Waals surface area contributed by atoms with Gasteiger partial charge in [0.2, 0.25) is 0 Å². The zero-order valence-corrected chi connectivity index (χ0v) is 9.96. The normalized spacial score (nSPS) is 21.2. The van der Waals surface area contributed by atoms with Crippen LogP contribution in [0.5, 0.6) is 0 Å². The summed E-state index contributed by atoms with van der Waals surface area (Å²) in [4.78, 5) is 4.59. The van der Waals surface area contributed by atoms with Gasteiger partial charge in [0, 0.05) is 6.42 Å². The number of rotatable bonds is 4. The third kappa shape index (κ3) is 2.62. The summed E-state index contributed by atoms with van der Waals surface area (Å²) in [5.41, 5.74) is 6.59. The Morgan fingerprint density at radius 2 is 2.38 bits per heavy atom. The van der Waals surface area contributed by atoms with Gasteiger partial charge in [-0.15, -0.1) is 0 Å². The maximum Gasteiger partial charge on any atom is 0.194 e. The van der Waals surface area contributed by atoms with Gasteiger partial charge >= 0.3 is 0 Å². The fourth-order valence-electron chi connectivity index (χ4n) is 2.23. The van der Waals surface area contributed by atoms with Gasteiger partial charge in [-0.25, -0.2) is 4.98 Å². The Balaban J connectivity index is 2.04. The zero-order valence-electron chi connectivity index (χ0n) is 9.96. The highest BCUT2D eigenvalue weighted by Crippen LogP contribution is 2.25. The molecule has 4 nitrogen and oxygen atoms in total. The molecule has 1 atom stereocenters. The van der Waals surface area contributed by atoms with Crippen LogP contribution in [0, 0.1) is 6.92 Å².